The third-order valence-electron chi connectivity index (χ3n) is 3.41. The molecule has 0 fully saturated rings. The van der Waals surface area contributed by atoms with Crippen molar-refractivity contribution in [3.05, 3.63) is 18.0 Å². The zero-order chi connectivity index (χ0) is 14.5. The van der Waals surface area contributed by atoms with Crippen molar-refractivity contribution in [2.75, 3.05) is 7.05 Å². The van der Waals surface area contributed by atoms with Crippen LogP contribution in [0.5, 0.6) is 0 Å². The number of carbonyl (C=O) groups is 2. The van der Waals surface area contributed by atoms with E-state index in [0.717, 1.165) is 32.1 Å². The Labute approximate surface area is 113 Å². The minimum atomic E-state index is -0.910. The average Bonchev–Trinajstić information content (AvgIpc) is 2.81. The Bertz CT molecular complexity index is 440. The molecule has 1 amide bonds. The van der Waals surface area contributed by atoms with Crippen molar-refractivity contribution in [1.82, 2.24) is 14.7 Å². The molecular formula is C13H21N3O3. The van der Waals surface area contributed by atoms with Gasteiger partial charge in [-0.2, -0.15) is 5.10 Å². The van der Waals surface area contributed by atoms with Crippen LogP contribution in [0.2, 0.25) is 0 Å². The summed E-state index contributed by atoms with van der Waals surface area (Å²) in [5.41, 5.74) is 0.204. The van der Waals surface area contributed by atoms with Gasteiger partial charge >= 0.3 is 6.09 Å². The summed E-state index contributed by atoms with van der Waals surface area (Å²) in [6, 6.07) is 0. The Hall–Kier alpha value is -1.85. The Morgan fingerprint density at radius 2 is 2.21 bits per heavy atom. The number of unbranched alkanes of at least 4 members (excludes halogenated alkanes) is 1. The first-order valence-corrected chi connectivity index (χ1v) is 6.31. The molecule has 19 heavy (non-hydrogen) atoms. The van der Waals surface area contributed by atoms with Gasteiger partial charge in [0.1, 0.15) is 0 Å². The maximum atomic E-state index is 10.9. The number of aldehydes is 1. The van der Waals surface area contributed by atoms with Crippen molar-refractivity contribution in [3.8, 4) is 0 Å². The third-order valence-corrected chi connectivity index (χ3v) is 3.41. The van der Waals surface area contributed by atoms with E-state index in [4.69, 9.17) is 5.11 Å². The summed E-state index contributed by atoms with van der Waals surface area (Å²) in [6.07, 6.45) is 5.70. The first-order chi connectivity index (χ1) is 8.86. The number of carbonyl (C=O) groups excluding carboxylic acids is 1. The zero-order valence-corrected chi connectivity index (χ0v) is 11.7. The molecule has 0 unspecified atom stereocenters. The van der Waals surface area contributed by atoms with Crippen LogP contribution in [0.1, 0.15) is 43.5 Å². The molecule has 6 heteroatoms. The van der Waals surface area contributed by atoms with Crippen molar-refractivity contribution >= 4 is 12.4 Å². The van der Waals surface area contributed by atoms with E-state index in [1.54, 1.807) is 17.9 Å². The van der Waals surface area contributed by atoms with Gasteiger partial charge in [0.25, 0.3) is 0 Å². The van der Waals surface area contributed by atoms with E-state index in [9.17, 15) is 9.59 Å². The second kappa shape index (κ2) is 6.36. The second-order valence-corrected chi connectivity index (χ2v) is 5.27. The summed E-state index contributed by atoms with van der Waals surface area (Å²) < 4.78 is 1.73. The summed E-state index contributed by atoms with van der Waals surface area (Å²) in [5.74, 6) is 0. The molecule has 0 aliphatic carbocycles. The van der Waals surface area contributed by atoms with Crippen LogP contribution >= 0.6 is 0 Å². The number of hydrogen-bond acceptors (Lipinski definition) is 3. The highest BCUT2D eigenvalue weighted by atomic mass is 16.4. The quantitative estimate of drug-likeness (QED) is 0.607. The van der Waals surface area contributed by atoms with Gasteiger partial charge in [-0.1, -0.05) is 0 Å². The second-order valence-electron chi connectivity index (χ2n) is 5.27. The molecule has 1 heterocycles. The van der Waals surface area contributed by atoms with Gasteiger partial charge in [0.15, 0.2) is 6.29 Å². The lowest BCUT2D eigenvalue weighted by molar-refractivity contribution is 0.104. The largest absolute Gasteiger partial charge is 0.465 e. The summed E-state index contributed by atoms with van der Waals surface area (Å²) >= 11 is 0. The lowest BCUT2D eigenvalue weighted by Crippen LogP contribution is -2.44. The van der Waals surface area contributed by atoms with Crippen molar-refractivity contribution in [2.45, 2.75) is 45.2 Å². The van der Waals surface area contributed by atoms with E-state index in [-0.39, 0.29) is 5.54 Å². The van der Waals surface area contributed by atoms with Crippen LogP contribution in [0, 0.1) is 0 Å². The number of aromatic nitrogens is 2. The lowest BCUT2D eigenvalue weighted by atomic mass is 9.96. The Balaban J connectivity index is 2.34. The minimum Gasteiger partial charge on any atom is -0.465 e. The van der Waals surface area contributed by atoms with Gasteiger partial charge in [0.05, 0.1) is 11.8 Å². The molecule has 1 aromatic heterocycles. The molecule has 1 rings (SSSR count). The first-order valence-electron chi connectivity index (χ1n) is 6.31. The molecule has 1 N–H and O–H groups in total. The highest BCUT2D eigenvalue weighted by molar-refractivity contribution is 5.73. The van der Waals surface area contributed by atoms with Gasteiger partial charge in [0.2, 0.25) is 0 Å². The molecule has 0 atom stereocenters. The highest BCUT2D eigenvalue weighted by Crippen LogP contribution is 2.20. The maximum absolute atomic E-state index is 10.9. The van der Waals surface area contributed by atoms with E-state index < -0.39 is 6.09 Å². The van der Waals surface area contributed by atoms with Crippen LogP contribution in [0.3, 0.4) is 0 Å². The first kappa shape index (κ1) is 15.2. The van der Waals surface area contributed by atoms with E-state index in [2.05, 4.69) is 5.10 Å². The molecule has 0 aliphatic rings. The van der Waals surface area contributed by atoms with Gasteiger partial charge in [-0.3, -0.25) is 9.48 Å². The molecular weight excluding hydrogens is 246 g/mol. The van der Waals surface area contributed by atoms with Crippen molar-refractivity contribution in [3.63, 3.8) is 0 Å². The van der Waals surface area contributed by atoms with E-state index >= 15 is 0 Å². The van der Waals surface area contributed by atoms with Gasteiger partial charge in [-0.25, -0.2) is 4.79 Å². The normalized spacial score (nSPS) is 11.3. The van der Waals surface area contributed by atoms with Crippen LogP contribution in [0.15, 0.2) is 12.4 Å². The summed E-state index contributed by atoms with van der Waals surface area (Å²) in [5, 5.41) is 13.0. The van der Waals surface area contributed by atoms with Crippen LogP contribution in [0.25, 0.3) is 0 Å². The monoisotopic (exact) mass is 267 g/mol. The van der Waals surface area contributed by atoms with Gasteiger partial charge in [-0.15, -0.1) is 0 Å². The number of aryl methyl sites for hydroxylation is 1. The Morgan fingerprint density at radius 3 is 2.74 bits per heavy atom. The summed E-state index contributed by atoms with van der Waals surface area (Å²) in [4.78, 5) is 22.8. The number of amides is 1. The SMILES string of the molecule is CN(C(=O)O)C(C)(C)CCCCn1cc(C=O)cn1. The number of hydrogen-bond donors (Lipinski definition) is 1. The Kier molecular flexibility index (Phi) is 5.09. The lowest BCUT2D eigenvalue weighted by Gasteiger charge is -2.33. The fourth-order valence-electron chi connectivity index (χ4n) is 1.82. The molecule has 0 bridgehead atoms. The van der Waals surface area contributed by atoms with Crippen LogP contribution < -0.4 is 0 Å². The average molecular weight is 267 g/mol. The Morgan fingerprint density at radius 1 is 1.53 bits per heavy atom. The molecule has 0 aromatic carbocycles. The predicted octanol–water partition coefficient (Wildman–Crippen LogP) is 2.25. The third kappa shape index (κ3) is 4.39. The molecule has 0 saturated carbocycles. The molecule has 106 valence electrons. The van der Waals surface area contributed by atoms with Crippen molar-refractivity contribution in [1.29, 1.82) is 0 Å². The van der Waals surface area contributed by atoms with Gasteiger partial charge < -0.3 is 10.0 Å². The standard InChI is InChI=1S/C13H21N3O3/c1-13(2,15(3)12(18)19)6-4-5-7-16-9-11(10-17)8-14-16/h8-10H,4-7H2,1-3H3,(H,18,19). The van der Waals surface area contributed by atoms with Crippen LogP contribution in [-0.4, -0.2) is 44.8 Å². The summed E-state index contributed by atoms with van der Waals surface area (Å²) in [7, 11) is 1.59. The maximum Gasteiger partial charge on any atom is 0.407 e. The number of carboxylic acid groups (broad SMARTS) is 1. The zero-order valence-electron chi connectivity index (χ0n) is 11.7. The molecule has 0 aliphatic heterocycles. The summed E-state index contributed by atoms with van der Waals surface area (Å²) in [6.45, 7) is 4.57. The molecule has 0 saturated heterocycles. The number of nitrogens with zero attached hydrogens (tertiary/aromatic N) is 3. The fourth-order valence-corrected chi connectivity index (χ4v) is 1.82. The molecule has 0 radical (unpaired) electrons. The molecule has 0 spiro atoms. The number of rotatable bonds is 7. The minimum absolute atomic E-state index is 0.371. The van der Waals surface area contributed by atoms with E-state index in [1.807, 2.05) is 13.8 Å². The topological polar surface area (TPSA) is 75.4 Å². The van der Waals surface area contributed by atoms with Gasteiger partial charge in [0, 0.05) is 25.3 Å². The van der Waals surface area contributed by atoms with Crippen LogP contribution in [-0.2, 0) is 6.54 Å². The fraction of sp³-hybridized carbons (Fsp3) is 0.615. The van der Waals surface area contributed by atoms with Crippen molar-refractivity contribution < 1.29 is 14.7 Å². The molecule has 1 aromatic rings. The van der Waals surface area contributed by atoms with Crippen LogP contribution in [0.4, 0.5) is 4.79 Å². The van der Waals surface area contributed by atoms with Crippen molar-refractivity contribution in [2.24, 2.45) is 0 Å². The predicted molar refractivity (Wildman–Crippen MR) is 71.3 cm³/mol. The molecule has 6 nitrogen and oxygen atoms in total. The van der Waals surface area contributed by atoms with E-state index in [0.29, 0.717) is 5.56 Å². The van der Waals surface area contributed by atoms with Gasteiger partial charge in [-0.05, 0) is 33.1 Å². The van der Waals surface area contributed by atoms with E-state index in [1.165, 1.54) is 11.1 Å². The highest BCUT2D eigenvalue weighted by Gasteiger charge is 2.26. The smallest absolute Gasteiger partial charge is 0.407 e.